The molecule has 0 aliphatic carbocycles. The summed E-state index contributed by atoms with van der Waals surface area (Å²) in [5, 5.41) is 12.9. The highest BCUT2D eigenvalue weighted by atomic mass is 32.2. The van der Waals surface area contributed by atoms with Crippen molar-refractivity contribution in [2.75, 3.05) is 12.3 Å². The van der Waals surface area contributed by atoms with Gasteiger partial charge in [0.25, 0.3) is 0 Å². The number of benzene rings is 1. The summed E-state index contributed by atoms with van der Waals surface area (Å²) in [6.45, 7) is 8.72. The minimum absolute atomic E-state index is 0.0907. The van der Waals surface area contributed by atoms with Crippen LogP contribution in [-0.2, 0) is 14.6 Å². The maximum absolute atomic E-state index is 12.3. The van der Waals surface area contributed by atoms with Gasteiger partial charge in [0.2, 0.25) is 0 Å². The minimum atomic E-state index is -3.60. The molecular weight excluding hydrogens is 330 g/mol. The number of nitrogens with one attached hydrogen (secondary N) is 1. The van der Waals surface area contributed by atoms with Crippen LogP contribution in [-0.4, -0.2) is 43.6 Å². The average Bonchev–Trinajstić information content (AvgIpc) is 2.44. The number of aliphatic hydroxyl groups excluding tert-OH is 1. The van der Waals surface area contributed by atoms with Crippen LogP contribution in [0.15, 0.2) is 35.2 Å². The van der Waals surface area contributed by atoms with Crippen molar-refractivity contribution in [2.45, 2.75) is 51.2 Å². The smallest absolute Gasteiger partial charge is 0.407 e. The molecule has 0 aliphatic rings. The van der Waals surface area contributed by atoms with Gasteiger partial charge in [-0.3, -0.25) is 0 Å². The van der Waals surface area contributed by atoms with Crippen molar-refractivity contribution in [3.8, 4) is 0 Å². The lowest BCUT2D eigenvalue weighted by Gasteiger charge is -2.31. The van der Waals surface area contributed by atoms with Crippen LogP contribution in [0.25, 0.3) is 0 Å². The third-order valence-corrected chi connectivity index (χ3v) is 5.21. The fourth-order valence-corrected chi connectivity index (χ4v) is 3.52. The third-order valence-electron chi connectivity index (χ3n) is 3.47. The van der Waals surface area contributed by atoms with Gasteiger partial charge in [-0.1, -0.05) is 32.0 Å². The summed E-state index contributed by atoms with van der Waals surface area (Å²) in [5.74, 6) is -0.417. The first-order valence-electron chi connectivity index (χ1n) is 7.76. The molecule has 1 aromatic rings. The highest BCUT2D eigenvalue weighted by Gasteiger charge is 2.33. The van der Waals surface area contributed by atoms with E-state index in [-0.39, 0.29) is 11.4 Å². The van der Waals surface area contributed by atoms with Crippen LogP contribution in [0.5, 0.6) is 0 Å². The maximum atomic E-state index is 12.3. The molecule has 1 amide bonds. The Morgan fingerprint density at radius 2 is 1.71 bits per heavy atom. The largest absolute Gasteiger partial charge is 0.444 e. The molecule has 7 heteroatoms. The zero-order valence-corrected chi connectivity index (χ0v) is 15.7. The Kier molecular flexibility index (Phi) is 6.41. The summed E-state index contributed by atoms with van der Waals surface area (Å²) < 4.78 is 29.8. The molecule has 24 heavy (non-hydrogen) atoms. The second-order valence-electron chi connectivity index (χ2n) is 7.45. The molecule has 6 nitrogen and oxygen atoms in total. The summed E-state index contributed by atoms with van der Waals surface area (Å²) in [6.07, 6.45) is -1.74. The number of ether oxygens (including phenoxy) is 1. The average molecular weight is 357 g/mol. The van der Waals surface area contributed by atoms with E-state index >= 15 is 0 Å². The van der Waals surface area contributed by atoms with E-state index in [2.05, 4.69) is 5.32 Å². The van der Waals surface area contributed by atoms with Crippen LogP contribution in [0, 0.1) is 5.41 Å². The molecule has 2 N–H and O–H groups in total. The number of alkyl carbamates (subject to hydrolysis) is 1. The van der Waals surface area contributed by atoms with Crippen LogP contribution in [0.2, 0.25) is 0 Å². The van der Waals surface area contributed by atoms with Crippen molar-refractivity contribution in [3.05, 3.63) is 30.3 Å². The monoisotopic (exact) mass is 357 g/mol. The Hall–Kier alpha value is -1.60. The van der Waals surface area contributed by atoms with Gasteiger partial charge >= 0.3 is 6.09 Å². The van der Waals surface area contributed by atoms with Gasteiger partial charge in [0.1, 0.15) is 5.60 Å². The van der Waals surface area contributed by atoms with Crippen LogP contribution in [0.1, 0.15) is 34.6 Å². The zero-order valence-electron chi connectivity index (χ0n) is 14.9. The Labute approximate surface area is 144 Å². The van der Waals surface area contributed by atoms with Gasteiger partial charge in [-0.25, -0.2) is 13.2 Å². The van der Waals surface area contributed by atoms with Gasteiger partial charge in [-0.2, -0.15) is 0 Å². The first-order valence-corrected chi connectivity index (χ1v) is 9.41. The summed E-state index contributed by atoms with van der Waals surface area (Å²) in [5.41, 5.74) is -1.46. The standard InChI is InChI=1S/C17H27NO5S/c1-16(2,3)23-15(20)18-12-17(4,5)14(19)11-24(21,22)13-9-7-6-8-10-13/h6-10,14,19H,11-12H2,1-5H3,(H,18,20). The third kappa shape index (κ3) is 6.49. The molecule has 1 aromatic carbocycles. The summed E-state index contributed by atoms with van der Waals surface area (Å²) in [6, 6.07) is 7.98. The second-order valence-corrected chi connectivity index (χ2v) is 9.49. The number of sulfone groups is 1. The molecular formula is C17H27NO5S. The van der Waals surface area contributed by atoms with E-state index in [1.807, 2.05) is 0 Å². The number of carbonyl (C=O) groups is 1. The van der Waals surface area contributed by atoms with Gasteiger partial charge in [0.05, 0.1) is 16.8 Å². The molecule has 0 heterocycles. The predicted molar refractivity (Wildman–Crippen MR) is 92.5 cm³/mol. The van der Waals surface area contributed by atoms with E-state index < -0.39 is 38.8 Å². The molecule has 0 fully saturated rings. The van der Waals surface area contributed by atoms with Gasteiger partial charge in [0, 0.05) is 12.0 Å². The zero-order chi connectivity index (χ0) is 18.6. The molecule has 0 saturated heterocycles. The second kappa shape index (κ2) is 7.53. The van der Waals surface area contributed by atoms with Crippen LogP contribution in [0.3, 0.4) is 0 Å². The predicted octanol–water partition coefficient (Wildman–Crippen LogP) is 2.37. The fourth-order valence-electron chi connectivity index (χ4n) is 1.89. The lowest BCUT2D eigenvalue weighted by atomic mass is 9.87. The fraction of sp³-hybridized carbons (Fsp3) is 0.588. The maximum Gasteiger partial charge on any atom is 0.407 e. The molecule has 0 aliphatic heterocycles. The Morgan fingerprint density at radius 1 is 1.17 bits per heavy atom. The quantitative estimate of drug-likeness (QED) is 0.815. The minimum Gasteiger partial charge on any atom is -0.444 e. The highest BCUT2D eigenvalue weighted by Crippen LogP contribution is 2.23. The van der Waals surface area contributed by atoms with E-state index in [0.717, 1.165) is 0 Å². The molecule has 0 spiro atoms. The lowest BCUT2D eigenvalue weighted by molar-refractivity contribution is 0.0401. The molecule has 1 atom stereocenters. The van der Waals surface area contributed by atoms with Crippen LogP contribution < -0.4 is 5.32 Å². The van der Waals surface area contributed by atoms with Gasteiger partial charge in [0.15, 0.2) is 9.84 Å². The topological polar surface area (TPSA) is 92.7 Å². The summed E-state index contributed by atoms with van der Waals surface area (Å²) in [7, 11) is -3.60. The molecule has 1 unspecified atom stereocenters. The Balaban J connectivity index is 2.68. The van der Waals surface area contributed by atoms with Crippen molar-refractivity contribution in [2.24, 2.45) is 5.41 Å². The number of carbonyl (C=O) groups excluding carboxylic acids is 1. The Morgan fingerprint density at radius 3 is 2.21 bits per heavy atom. The van der Waals surface area contributed by atoms with Gasteiger partial charge < -0.3 is 15.2 Å². The summed E-state index contributed by atoms with van der Waals surface area (Å²) in [4.78, 5) is 11.9. The van der Waals surface area contributed by atoms with E-state index in [4.69, 9.17) is 4.74 Å². The summed E-state index contributed by atoms with van der Waals surface area (Å²) >= 11 is 0. The van der Waals surface area contributed by atoms with E-state index in [0.29, 0.717) is 0 Å². The molecule has 1 rings (SSSR count). The Bertz CT molecular complexity index is 647. The van der Waals surface area contributed by atoms with Crippen molar-refractivity contribution < 1.29 is 23.1 Å². The lowest BCUT2D eigenvalue weighted by Crippen LogP contribution is -2.45. The van der Waals surface area contributed by atoms with E-state index in [1.165, 1.54) is 12.1 Å². The first kappa shape index (κ1) is 20.4. The van der Waals surface area contributed by atoms with E-state index in [9.17, 15) is 18.3 Å². The number of hydrogen-bond donors (Lipinski definition) is 2. The van der Waals surface area contributed by atoms with Gasteiger partial charge in [-0.15, -0.1) is 0 Å². The molecule has 0 saturated carbocycles. The van der Waals surface area contributed by atoms with Crippen molar-refractivity contribution in [3.63, 3.8) is 0 Å². The first-order chi connectivity index (χ1) is 10.8. The SMILES string of the molecule is CC(C)(C)OC(=O)NCC(C)(C)C(O)CS(=O)(=O)c1ccccc1. The number of rotatable bonds is 6. The van der Waals surface area contributed by atoms with Gasteiger partial charge in [-0.05, 0) is 32.9 Å². The molecule has 136 valence electrons. The van der Waals surface area contributed by atoms with Crippen LogP contribution >= 0.6 is 0 Å². The van der Waals surface area contributed by atoms with Crippen LogP contribution in [0.4, 0.5) is 4.79 Å². The van der Waals surface area contributed by atoms with Crippen molar-refractivity contribution in [1.82, 2.24) is 5.32 Å². The number of hydrogen-bond acceptors (Lipinski definition) is 5. The molecule has 0 bridgehead atoms. The van der Waals surface area contributed by atoms with Crippen molar-refractivity contribution in [1.29, 1.82) is 0 Å². The molecule has 0 aromatic heterocycles. The van der Waals surface area contributed by atoms with E-state index in [1.54, 1.807) is 52.8 Å². The number of amides is 1. The number of aliphatic hydroxyl groups is 1. The highest BCUT2D eigenvalue weighted by molar-refractivity contribution is 7.91. The van der Waals surface area contributed by atoms with Crippen molar-refractivity contribution >= 4 is 15.9 Å². The molecule has 0 radical (unpaired) electrons. The normalized spacial score (nSPS) is 14.1.